The van der Waals surface area contributed by atoms with Gasteiger partial charge in [0.05, 0.1) is 12.1 Å². The van der Waals surface area contributed by atoms with E-state index in [0.29, 0.717) is 12.8 Å². The first-order chi connectivity index (χ1) is 16.0. The van der Waals surface area contributed by atoms with Crippen LogP contribution in [0.2, 0.25) is 0 Å². The van der Waals surface area contributed by atoms with Crippen molar-refractivity contribution in [2.75, 3.05) is 0 Å². The molecular weight excluding hydrogens is 547 g/mol. The molecule has 196 valence electrons. The van der Waals surface area contributed by atoms with Gasteiger partial charge in [-0.15, -0.1) is 0 Å². The van der Waals surface area contributed by atoms with Crippen molar-refractivity contribution < 1.29 is 36.3 Å². The van der Waals surface area contributed by atoms with Crippen LogP contribution in [0.15, 0.2) is 27.4 Å². The van der Waals surface area contributed by atoms with Gasteiger partial charge in [-0.3, -0.25) is 9.48 Å². The van der Waals surface area contributed by atoms with Gasteiger partial charge in [0.15, 0.2) is 5.69 Å². The van der Waals surface area contributed by atoms with Gasteiger partial charge in [0.1, 0.15) is 16.2 Å². The first-order valence-electron chi connectivity index (χ1n) is 10.4. The Morgan fingerprint density at radius 2 is 1.97 bits per heavy atom. The van der Waals surface area contributed by atoms with Crippen LogP contribution in [0.1, 0.15) is 45.7 Å². The maximum atomic E-state index is 13.1. The number of aliphatic imine (C=N–C) groups is 1. The molecule has 0 saturated heterocycles. The summed E-state index contributed by atoms with van der Waals surface area (Å²) in [7, 11) is 0. The average Bonchev–Trinajstić information content (AvgIpc) is 3.34. The number of amides is 2. The maximum Gasteiger partial charge on any atom is 0.435 e. The largest absolute Gasteiger partial charge is 0.444 e. The third kappa shape index (κ3) is 9.11. The van der Waals surface area contributed by atoms with Crippen LogP contribution in [0.25, 0.3) is 0 Å². The number of halogens is 6. The molecule has 0 unspecified atom stereocenters. The van der Waals surface area contributed by atoms with E-state index in [-0.39, 0.29) is 23.1 Å². The quantitative estimate of drug-likeness (QED) is 0.236. The van der Waals surface area contributed by atoms with Crippen LogP contribution in [-0.4, -0.2) is 51.7 Å². The highest BCUT2D eigenvalue weighted by atomic mass is 79.9. The van der Waals surface area contributed by atoms with E-state index in [4.69, 9.17) is 10.5 Å². The number of alkyl carbamates (subject to hydrolysis) is 1. The van der Waals surface area contributed by atoms with Crippen LogP contribution in [-0.2, 0) is 22.3 Å². The minimum atomic E-state index is -4.64. The van der Waals surface area contributed by atoms with Crippen molar-refractivity contribution in [2.45, 2.75) is 76.5 Å². The lowest BCUT2D eigenvalue weighted by atomic mass is 10.1. The highest BCUT2D eigenvalue weighted by Crippen LogP contribution is 2.39. The second-order valence-electron chi connectivity index (χ2n) is 8.98. The Hall–Kier alpha value is -2.71. The molecule has 1 aromatic rings. The van der Waals surface area contributed by atoms with Crippen molar-refractivity contribution >= 4 is 34.1 Å². The molecule has 0 spiro atoms. The second kappa shape index (κ2) is 10.9. The molecule has 2 amide bonds. The third-order valence-corrected chi connectivity index (χ3v) is 5.37. The molecule has 15 heteroatoms. The number of nitrogens with two attached hydrogens (primary N) is 1. The Balaban J connectivity index is 2.19. The van der Waals surface area contributed by atoms with Gasteiger partial charge in [-0.2, -0.15) is 27.1 Å². The molecule has 1 aliphatic carbocycles. The smallest absolute Gasteiger partial charge is 0.435 e. The Morgan fingerprint density at radius 1 is 1.34 bits per heavy atom. The molecule has 1 aromatic heterocycles. The molecule has 0 aromatic carbocycles. The number of nitrogens with one attached hydrogen (secondary N) is 2. The summed E-state index contributed by atoms with van der Waals surface area (Å²) in [6, 6.07) is -0.473. The first-order valence-corrected chi connectivity index (χ1v) is 11.2. The molecule has 9 nitrogen and oxygen atoms in total. The van der Waals surface area contributed by atoms with E-state index >= 15 is 0 Å². The van der Waals surface area contributed by atoms with Crippen LogP contribution >= 0.6 is 15.9 Å². The van der Waals surface area contributed by atoms with E-state index in [9.17, 15) is 31.5 Å². The summed E-state index contributed by atoms with van der Waals surface area (Å²) in [5.41, 5.74) is 2.61. The fraction of sp³-hybridized carbons (Fsp3) is 0.600. The summed E-state index contributed by atoms with van der Waals surface area (Å²) in [6.07, 6.45) is -3.23. The van der Waals surface area contributed by atoms with E-state index < -0.39 is 47.6 Å². The highest BCUT2D eigenvalue weighted by Gasteiger charge is 2.47. The molecule has 0 bridgehead atoms. The predicted molar refractivity (Wildman–Crippen MR) is 120 cm³/mol. The SMILES string of the molecule is CC(C)(C)OC(=O)N[C@H](CC(=C/N)/C=N/C(F)F)C(=O)NC1(Cn2nc(C(F)(F)F)cc2Br)CC1. The fourth-order valence-electron chi connectivity index (χ4n) is 2.96. The van der Waals surface area contributed by atoms with Crippen LogP contribution in [0.3, 0.4) is 0 Å². The molecule has 0 radical (unpaired) electrons. The molecule has 2 rings (SSSR count). The second-order valence-corrected chi connectivity index (χ2v) is 9.79. The van der Waals surface area contributed by atoms with Gasteiger partial charge >= 0.3 is 18.8 Å². The molecule has 1 atom stereocenters. The molecule has 4 N–H and O–H groups in total. The number of hydrogen-bond donors (Lipinski definition) is 3. The van der Waals surface area contributed by atoms with E-state index in [1.807, 2.05) is 0 Å². The van der Waals surface area contributed by atoms with E-state index in [1.54, 1.807) is 20.8 Å². The van der Waals surface area contributed by atoms with Gasteiger partial charge in [0, 0.05) is 18.7 Å². The molecule has 0 aliphatic heterocycles. The molecule has 1 aliphatic rings. The van der Waals surface area contributed by atoms with E-state index in [1.165, 1.54) is 0 Å². The minimum Gasteiger partial charge on any atom is -0.444 e. The van der Waals surface area contributed by atoms with Crippen molar-refractivity contribution in [3.63, 3.8) is 0 Å². The normalized spacial score (nSPS) is 16.9. The van der Waals surface area contributed by atoms with Crippen LogP contribution in [0, 0.1) is 0 Å². The van der Waals surface area contributed by atoms with Gasteiger partial charge in [0.2, 0.25) is 5.91 Å². The molecule has 1 fully saturated rings. The van der Waals surface area contributed by atoms with Crippen LogP contribution in [0.5, 0.6) is 0 Å². The molecule has 35 heavy (non-hydrogen) atoms. The highest BCUT2D eigenvalue weighted by molar-refractivity contribution is 9.10. The van der Waals surface area contributed by atoms with Crippen molar-refractivity contribution in [3.8, 4) is 0 Å². The zero-order valence-corrected chi connectivity index (χ0v) is 20.7. The summed E-state index contributed by atoms with van der Waals surface area (Å²) >= 11 is 3.03. The van der Waals surface area contributed by atoms with Gasteiger partial charge in [-0.25, -0.2) is 9.79 Å². The summed E-state index contributed by atoms with van der Waals surface area (Å²) in [6.45, 7) is 1.76. The number of rotatable bonds is 9. The van der Waals surface area contributed by atoms with Gasteiger partial charge in [0.25, 0.3) is 0 Å². The summed E-state index contributed by atoms with van der Waals surface area (Å²) < 4.78 is 70.1. The van der Waals surface area contributed by atoms with Gasteiger partial charge in [-0.1, -0.05) is 0 Å². The van der Waals surface area contributed by atoms with Gasteiger partial charge in [-0.05, 0) is 61.3 Å². The van der Waals surface area contributed by atoms with Crippen molar-refractivity contribution in [1.29, 1.82) is 0 Å². The number of carbonyl (C=O) groups excluding carboxylic acids is 2. The Labute approximate surface area is 206 Å². The van der Waals surface area contributed by atoms with Crippen LogP contribution in [0.4, 0.5) is 26.7 Å². The lowest BCUT2D eigenvalue weighted by molar-refractivity contribution is -0.141. The zero-order valence-electron chi connectivity index (χ0n) is 19.1. The van der Waals surface area contributed by atoms with E-state index in [0.717, 1.165) is 23.2 Å². The third-order valence-electron chi connectivity index (χ3n) is 4.73. The van der Waals surface area contributed by atoms with Crippen molar-refractivity contribution in [3.05, 3.63) is 28.1 Å². The fourth-order valence-corrected chi connectivity index (χ4v) is 3.38. The number of carbonyl (C=O) groups is 2. The number of nitrogens with zero attached hydrogens (tertiary/aromatic N) is 3. The lowest BCUT2D eigenvalue weighted by Gasteiger charge is -2.25. The van der Waals surface area contributed by atoms with Crippen molar-refractivity contribution in [1.82, 2.24) is 20.4 Å². The topological polar surface area (TPSA) is 124 Å². The zero-order chi connectivity index (χ0) is 26.6. The van der Waals surface area contributed by atoms with E-state index in [2.05, 4.69) is 36.7 Å². The molecular formula is C20H26BrF5N6O3. The Kier molecular flexibility index (Phi) is 8.89. The Bertz CT molecular complexity index is 983. The number of hydrogen-bond acceptors (Lipinski definition) is 6. The Morgan fingerprint density at radius 3 is 2.43 bits per heavy atom. The molecule has 1 saturated carbocycles. The summed E-state index contributed by atoms with van der Waals surface area (Å²) in [4.78, 5) is 28.3. The summed E-state index contributed by atoms with van der Waals surface area (Å²) in [5, 5.41) is 8.64. The van der Waals surface area contributed by atoms with Crippen molar-refractivity contribution in [2.24, 2.45) is 10.7 Å². The number of aromatic nitrogens is 2. The lowest BCUT2D eigenvalue weighted by Crippen LogP contribution is -2.52. The standard InChI is InChI=1S/C20H26BrF5N6O3/c1-18(2,3)35-17(34)29-12(6-11(8-27)9-28-16(22)23)15(33)30-19(4-5-19)10-32-14(21)7-13(31-32)20(24,25)26/h7-9,12,16H,4-6,10,27H2,1-3H3,(H,29,34)(H,30,33)/b11-8-,28-9+/t12-/m1/s1. The average molecular weight is 573 g/mol. The summed E-state index contributed by atoms with van der Waals surface area (Å²) in [5.74, 6) is -0.711. The first kappa shape index (κ1) is 28.5. The number of ether oxygens (including phenoxy) is 1. The molecule has 1 heterocycles. The monoisotopic (exact) mass is 572 g/mol. The maximum absolute atomic E-state index is 13.1. The number of alkyl halides is 5. The van der Waals surface area contributed by atoms with Crippen LogP contribution < -0.4 is 16.4 Å². The predicted octanol–water partition coefficient (Wildman–Crippen LogP) is 3.73. The van der Waals surface area contributed by atoms with Gasteiger partial charge < -0.3 is 21.1 Å². The minimum absolute atomic E-state index is 0.0380.